The third kappa shape index (κ3) is 6.19. The first-order valence-corrected chi connectivity index (χ1v) is 11.5. The summed E-state index contributed by atoms with van der Waals surface area (Å²) in [5.74, 6) is -0.663. The van der Waals surface area contributed by atoms with Crippen molar-refractivity contribution in [3.05, 3.63) is 93.6 Å². The lowest BCUT2D eigenvalue weighted by atomic mass is 10.0. The van der Waals surface area contributed by atoms with Crippen LogP contribution in [0.15, 0.2) is 71.3 Å². The van der Waals surface area contributed by atoms with Crippen molar-refractivity contribution < 1.29 is 23.9 Å². The number of ether oxygens (including phenoxy) is 2. The minimum Gasteiger partial charge on any atom is -0.465 e. The summed E-state index contributed by atoms with van der Waals surface area (Å²) in [6.07, 6.45) is 10.3. The number of rotatable bonds is 9. The highest BCUT2D eigenvalue weighted by Crippen LogP contribution is 2.34. The molecule has 0 aromatic heterocycles. The van der Waals surface area contributed by atoms with Crippen molar-refractivity contribution >= 4 is 29.9 Å². The zero-order valence-corrected chi connectivity index (χ0v) is 19.9. The summed E-state index contributed by atoms with van der Waals surface area (Å²) in [4.78, 5) is 36.5. The third-order valence-electron chi connectivity index (χ3n) is 5.85. The molecule has 0 heterocycles. The molecule has 0 bridgehead atoms. The lowest BCUT2D eigenvalue weighted by Gasteiger charge is -2.03. The van der Waals surface area contributed by atoms with Gasteiger partial charge in [0.25, 0.3) is 0 Å². The van der Waals surface area contributed by atoms with Crippen LogP contribution in [0.2, 0.25) is 0 Å². The van der Waals surface area contributed by atoms with Gasteiger partial charge in [0.05, 0.1) is 25.3 Å². The monoisotopic (exact) mass is 458 g/mol. The normalized spacial score (nSPS) is 14.8. The van der Waals surface area contributed by atoms with Crippen molar-refractivity contribution in [2.75, 3.05) is 14.2 Å². The van der Waals surface area contributed by atoms with Gasteiger partial charge in [0, 0.05) is 17.6 Å². The van der Waals surface area contributed by atoms with Crippen LogP contribution in [0, 0.1) is 0 Å². The summed E-state index contributed by atoms with van der Waals surface area (Å²) in [7, 11) is 2.71. The minimum absolute atomic E-state index is 0.0915. The van der Waals surface area contributed by atoms with Crippen LogP contribution >= 0.6 is 0 Å². The maximum atomic E-state index is 13.2. The zero-order valence-electron chi connectivity index (χ0n) is 19.9. The van der Waals surface area contributed by atoms with Crippen molar-refractivity contribution in [1.82, 2.24) is 0 Å². The number of allylic oxidation sites excluding steroid dienone is 4. The summed E-state index contributed by atoms with van der Waals surface area (Å²) in [6.45, 7) is 2.15. The Bertz CT molecular complexity index is 1130. The van der Waals surface area contributed by atoms with E-state index >= 15 is 0 Å². The number of carbonyl (C=O) groups excluding carboxylic acids is 3. The average Bonchev–Trinajstić information content (AvgIpc) is 3.16. The Morgan fingerprint density at radius 1 is 0.824 bits per heavy atom. The number of ketones is 1. The number of hydrogen-bond donors (Lipinski definition) is 0. The zero-order chi connectivity index (χ0) is 24.5. The van der Waals surface area contributed by atoms with Crippen molar-refractivity contribution in [2.24, 2.45) is 0 Å². The molecule has 0 atom stereocenters. The predicted octanol–water partition coefficient (Wildman–Crippen LogP) is 6.21. The standard InChI is InChI=1S/C29H30O5/c1-4-5-6-7-26-24(17-10-20-8-13-22(14-9-20)28(31)33-2)19-25(27(26)30)18-21-11-15-23(16-12-21)29(32)34-3/h8-18H,4-7,19H2,1-3H3/b17-10+,25-18+. The second-order valence-electron chi connectivity index (χ2n) is 8.20. The van der Waals surface area contributed by atoms with Crippen LogP contribution in [0.4, 0.5) is 0 Å². The van der Waals surface area contributed by atoms with Gasteiger partial charge in [-0.3, -0.25) is 4.79 Å². The Kier molecular flexibility index (Phi) is 8.74. The number of hydrogen-bond acceptors (Lipinski definition) is 5. The van der Waals surface area contributed by atoms with Crippen LogP contribution in [0.3, 0.4) is 0 Å². The highest BCUT2D eigenvalue weighted by molar-refractivity contribution is 6.15. The quantitative estimate of drug-likeness (QED) is 0.254. The molecule has 3 rings (SSSR count). The topological polar surface area (TPSA) is 69.7 Å². The fraction of sp³-hybridized carbons (Fsp3) is 0.276. The first-order valence-electron chi connectivity index (χ1n) is 11.5. The molecule has 5 heteroatoms. The molecule has 5 nitrogen and oxygen atoms in total. The smallest absolute Gasteiger partial charge is 0.337 e. The van der Waals surface area contributed by atoms with Gasteiger partial charge in [-0.15, -0.1) is 0 Å². The molecule has 0 saturated heterocycles. The van der Waals surface area contributed by atoms with Crippen LogP contribution in [0.25, 0.3) is 12.2 Å². The largest absolute Gasteiger partial charge is 0.465 e. The second-order valence-corrected chi connectivity index (χ2v) is 8.20. The molecule has 2 aromatic rings. The minimum atomic E-state index is -0.386. The highest BCUT2D eigenvalue weighted by Gasteiger charge is 2.26. The van der Waals surface area contributed by atoms with E-state index in [1.807, 2.05) is 42.5 Å². The number of Topliss-reactive ketones (excluding diaryl/α,β-unsaturated/α-hetero) is 1. The van der Waals surface area contributed by atoms with Crippen LogP contribution in [-0.2, 0) is 14.3 Å². The molecule has 34 heavy (non-hydrogen) atoms. The van der Waals surface area contributed by atoms with Gasteiger partial charge in [-0.2, -0.15) is 0 Å². The van der Waals surface area contributed by atoms with Crippen LogP contribution in [0.1, 0.15) is 70.9 Å². The number of esters is 2. The van der Waals surface area contributed by atoms with E-state index in [9.17, 15) is 14.4 Å². The third-order valence-corrected chi connectivity index (χ3v) is 5.85. The first kappa shape index (κ1) is 24.9. The number of benzene rings is 2. The van der Waals surface area contributed by atoms with E-state index in [0.717, 1.165) is 53.5 Å². The number of methoxy groups -OCH3 is 2. The van der Waals surface area contributed by atoms with E-state index in [4.69, 9.17) is 9.47 Å². The lowest BCUT2D eigenvalue weighted by molar-refractivity contribution is -0.112. The average molecular weight is 459 g/mol. The van der Waals surface area contributed by atoms with Crippen LogP contribution < -0.4 is 0 Å². The summed E-state index contributed by atoms with van der Waals surface area (Å²) in [5, 5.41) is 0. The molecule has 0 saturated carbocycles. The van der Waals surface area contributed by atoms with E-state index in [1.54, 1.807) is 24.3 Å². The Morgan fingerprint density at radius 2 is 1.38 bits per heavy atom. The van der Waals surface area contributed by atoms with Gasteiger partial charge in [0.15, 0.2) is 5.78 Å². The molecule has 0 unspecified atom stereocenters. The summed E-state index contributed by atoms with van der Waals surface area (Å²) in [6, 6.07) is 14.2. The molecular formula is C29H30O5. The SMILES string of the molecule is CCCCCC1=C(/C=C/c2ccc(C(=O)OC)cc2)C/C(=C\c2ccc(C(=O)OC)cc2)C1=O. The molecule has 176 valence electrons. The molecule has 0 spiro atoms. The van der Waals surface area contributed by atoms with Gasteiger partial charge in [-0.25, -0.2) is 9.59 Å². The van der Waals surface area contributed by atoms with Crippen molar-refractivity contribution in [3.63, 3.8) is 0 Å². The summed E-state index contributed by atoms with van der Waals surface area (Å²) >= 11 is 0. The Hall–Kier alpha value is -3.73. The van der Waals surface area contributed by atoms with Gasteiger partial charge in [0.2, 0.25) is 0 Å². The molecule has 1 aliphatic rings. The second kappa shape index (κ2) is 11.9. The fourth-order valence-corrected chi connectivity index (χ4v) is 3.91. The van der Waals surface area contributed by atoms with Crippen molar-refractivity contribution in [2.45, 2.75) is 39.0 Å². The molecule has 0 amide bonds. The first-order chi connectivity index (χ1) is 16.5. The van der Waals surface area contributed by atoms with Crippen molar-refractivity contribution in [3.8, 4) is 0 Å². The van der Waals surface area contributed by atoms with Gasteiger partial charge >= 0.3 is 11.9 Å². The Morgan fingerprint density at radius 3 is 1.91 bits per heavy atom. The predicted molar refractivity (Wildman–Crippen MR) is 133 cm³/mol. The van der Waals surface area contributed by atoms with Crippen LogP contribution in [-0.4, -0.2) is 31.9 Å². The molecule has 2 aromatic carbocycles. The Balaban J connectivity index is 1.82. The molecular weight excluding hydrogens is 428 g/mol. The van der Waals surface area contributed by atoms with E-state index in [-0.39, 0.29) is 17.7 Å². The van der Waals surface area contributed by atoms with E-state index in [1.165, 1.54) is 14.2 Å². The van der Waals surface area contributed by atoms with Gasteiger partial charge < -0.3 is 9.47 Å². The highest BCUT2D eigenvalue weighted by atomic mass is 16.5. The molecule has 1 aliphatic carbocycles. The maximum absolute atomic E-state index is 13.2. The van der Waals surface area contributed by atoms with E-state index in [0.29, 0.717) is 17.5 Å². The summed E-state index contributed by atoms with van der Waals surface area (Å²) in [5.41, 5.74) is 5.42. The van der Waals surface area contributed by atoms with Crippen LogP contribution in [0.5, 0.6) is 0 Å². The number of carbonyl (C=O) groups is 3. The van der Waals surface area contributed by atoms with E-state index in [2.05, 4.69) is 6.92 Å². The van der Waals surface area contributed by atoms with Crippen molar-refractivity contribution in [1.29, 1.82) is 0 Å². The summed E-state index contributed by atoms with van der Waals surface area (Å²) < 4.78 is 9.49. The van der Waals surface area contributed by atoms with Gasteiger partial charge in [-0.1, -0.05) is 56.2 Å². The fourth-order valence-electron chi connectivity index (χ4n) is 3.91. The molecule has 0 N–H and O–H groups in total. The lowest BCUT2D eigenvalue weighted by Crippen LogP contribution is -2.01. The maximum Gasteiger partial charge on any atom is 0.337 e. The molecule has 0 fully saturated rings. The van der Waals surface area contributed by atoms with Gasteiger partial charge in [-0.05, 0) is 59.9 Å². The van der Waals surface area contributed by atoms with Gasteiger partial charge in [0.1, 0.15) is 0 Å². The molecule has 0 radical (unpaired) electrons. The number of unbranched alkanes of at least 4 members (excludes halogenated alkanes) is 2. The molecule has 0 aliphatic heterocycles. The Labute approximate surface area is 200 Å². The van der Waals surface area contributed by atoms with E-state index < -0.39 is 0 Å².